The molecule has 1 unspecified atom stereocenters. The fourth-order valence-electron chi connectivity index (χ4n) is 5.51. The molecule has 216 valence electrons. The highest BCUT2D eigenvalue weighted by Crippen LogP contribution is 2.51. The predicted octanol–water partition coefficient (Wildman–Crippen LogP) is 3.54. The summed E-state index contributed by atoms with van der Waals surface area (Å²) in [5.41, 5.74) is -1.74. The summed E-state index contributed by atoms with van der Waals surface area (Å²) < 4.78 is 81.8. The molecule has 13 heteroatoms. The summed E-state index contributed by atoms with van der Waals surface area (Å²) in [6.45, 7) is 3.16. The van der Waals surface area contributed by atoms with Gasteiger partial charge in [-0.2, -0.15) is 17.9 Å². The lowest BCUT2D eigenvalue weighted by Crippen LogP contribution is -2.55. The van der Waals surface area contributed by atoms with E-state index in [1.54, 1.807) is 44.2 Å². The molecule has 3 amide bonds. The molecular formula is C27H29F4N3O5S. The summed E-state index contributed by atoms with van der Waals surface area (Å²) in [5, 5.41) is 0. The quantitative estimate of drug-likeness (QED) is 0.414. The zero-order valence-electron chi connectivity index (χ0n) is 22.0. The number of benzene rings is 2. The van der Waals surface area contributed by atoms with Crippen LogP contribution in [0.4, 0.5) is 17.6 Å². The van der Waals surface area contributed by atoms with Gasteiger partial charge in [-0.05, 0) is 42.5 Å². The SMILES string of the molecule is CC(C)[C@@H](NS(=O)(=O)c1cc(C(F)(F)F)ccc1F)C(=O)N1CCC2(CC1)C(=O)N(C)C(=O)C2c1ccccc1. The first-order valence-electron chi connectivity index (χ1n) is 12.6. The monoisotopic (exact) mass is 583 g/mol. The summed E-state index contributed by atoms with van der Waals surface area (Å²) in [4.78, 5) is 41.0. The van der Waals surface area contributed by atoms with Crippen LogP contribution in [0.1, 0.15) is 43.7 Å². The molecule has 0 aliphatic carbocycles. The number of amides is 3. The van der Waals surface area contributed by atoms with Crippen LogP contribution in [0.25, 0.3) is 0 Å². The fraction of sp³-hybridized carbons (Fsp3) is 0.444. The van der Waals surface area contributed by atoms with E-state index in [0.29, 0.717) is 17.7 Å². The van der Waals surface area contributed by atoms with Gasteiger partial charge >= 0.3 is 6.18 Å². The maximum absolute atomic E-state index is 14.4. The van der Waals surface area contributed by atoms with E-state index in [-0.39, 0.29) is 43.8 Å². The molecule has 2 aromatic carbocycles. The van der Waals surface area contributed by atoms with Crippen molar-refractivity contribution in [1.29, 1.82) is 0 Å². The molecule has 0 radical (unpaired) electrons. The van der Waals surface area contributed by atoms with Crippen molar-refractivity contribution in [3.05, 3.63) is 65.5 Å². The lowest BCUT2D eigenvalue weighted by Gasteiger charge is -2.41. The number of likely N-dealkylation sites (tertiary alicyclic amines) is 2. The standard InChI is InChI=1S/C27H29F4N3O5S/c1-16(2)22(32-40(38,39)20-15-18(27(29,30)31)9-10-19(20)28)24(36)34-13-11-26(12-14-34)21(17-7-5-4-6-8-17)23(35)33(3)25(26)37/h4-10,15-16,21-22,32H,11-14H2,1-3H3/t21?,22-/m1/s1. The van der Waals surface area contributed by atoms with Crippen LogP contribution in [-0.2, 0) is 30.6 Å². The van der Waals surface area contributed by atoms with Gasteiger partial charge in [0.1, 0.15) is 16.8 Å². The molecule has 8 nitrogen and oxygen atoms in total. The molecule has 1 spiro atoms. The van der Waals surface area contributed by atoms with E-state index >= 15 is 0 Å². The number of alkyl halides is 3. The first-order valence-corrected chi connectivity index (χ1v) is 14.1. The number of carbonyl (C=O) groups is 3. The Balaban J connectivity index is 1.56. The molecule has 2 aliphatic heterocycles. The second-order valence-corrected chi connectivity index (χ2v) is 12.2. The number of nitrogens with one attached hydrogen (secondary N) is 1. The van der Waals surface area contributed by atoms with E-state index < -0.39 is 61.7 Å². The Kier molecular flexibility index (Phi) is 7.85. The minimum absolute atomic E-state index is 0.0396. The van der Waals surface area contributed by atoms with Crippen molar-refractivity contribution in [2.24, 2.45) is 11.3 Å². The van der Waals surface area contributed by atoms with Crippen molar-refractivity contribution in [2.75, 3.05) is 20.1 Å². The fourth-order valence-corrected chi connectivity index (χ4v) is 6.95. The van der Waals surface area contributed by atoms with Crippen LogP contribution >= 0.6 is 0 Å². The number of rotatable bonds is 6. The summed E-state index contributed by atoms with van der Waals surface area (Å²) in [5.74, 6) is -4.12. The van der Waals surface area contributed by atoms with Gasteiger partial charge in [0.25, 0.3) is 0 Å². The highest BCUT2D eigenvalue weighted by atomic mass is 32.2. The largest absolute Gasteiger partial charge is 0.416 e. The maximum atomic E-state index is 14.4. The second-order valence-electron chi connectivity index (χ2n) is 10.5. The van der Waals surface area contributed by atoms with Gasteiger partial charge < -0.3 is 4.90 Å². The summed E-state index contributed by atoms with van der Waals surface area (Å²) in [6, 6.07) is 8.48. The molecule has 2 fully saturated rings. The molecule has 0 aromatic heterocycles. The van der Waals surface area contributed by atoms with Crippen molar-refractivity contribution >= 4 is 27.7 Å². The molecule has 2 aliphatic rings. The minimum Gasteiger partial charge on any atom is -0.341 e. The molecule has 40 heavy (non-hydrogen) atoms. The molecular weight excluding hydrogens is 554 g/mol. The van der Waals surface area contributed by atoms with Crippen LogP contribution in [0, 0.1) is 17.2 Å². The van der Waals surface area contributed by atoms with Crippen molar-refractivity contribution in [3.8, 4) is 0 Å². The normalized spacial score (nSPS) is 20.4. The lowest BCUT2D eigenvalue weighted by molar-refractivity contribution is -0.144. The van der Waals surface area contributed by atoms with Crippen molar-refractivity contribution in [2.45, 2.75) is 49.7 Å². The smallest absolute Gasteiger partial charge is 0.341 e. The number of nitrogens with zero attached hydrogens (tertiary/aromatic N) is 2. The van der Waals surface area contributed by atoms with Crippen molar-refractivity contribution < 1.29 is 40.4 Å². The van der Waals surface area contributed by atoms with Crippen LogP contribution < -0.4 is 4.72 Å². The highest BCUT2D eigenvalue weighted by Gasteiger charge is 2.59. The van der Waals surface area contributed by atoms with E-state index in [1.807, 2.05) is 0 Å². The van der Waals surface area contributed by atoms with E-state index in [0.717, 1.165) is 4.90 Å². The number of halogens is 4. The number of likely N-dealkylation sites (N-methyl/N-ethyl adjacent to an activating group) is 1. The molecule has 2 aromatic rings. The van der Waals surface area contributed by atoms with Crippen molar-refractivity contribution in [3.63, 3.8) is 0 Å². The molecule has 0 bridgehead atoms. The number of hydrogen-bond donors (Lipinski definition) is 1. The van der Waals surface area contributed by atoms with Crippen LogP contribution in [-0.4, -0.2) is 62.1 Å². The maximum Gasteiger partial charge on any atom is 0.416 e. The van der Waals surface area contributed by atoms with E-state index in [4.69, 9.17) is 0 Å². The average molecular weight is 584 g/mol. The van der Waals surface area contributed by atoms with Crippen LogP contribution in [0.15, 0.2) is 53.4 Å². The third-order valence-electron chi connectivity index (χ3n) is 7.72. The zero-order valence-corrected chi connectivity index (χ0v) is 22.9. The number of hydrogen-bond acceptors (Lipinski definition) is 5. The lowest BCUT2D eigenvalue weighted by atomic mass is 9.67. The number of carbonyl (C=O) groups excluding carboxylic acids is 3. The number of piperidine rings is 1. The second kappa shape index (κ2) is 10.6. The van der Waals surface area contributed by atoms with E-state index in [9.17, 15) is 40.4 Å². The van der Waals surface area contributed by atoms with E-state index in [2.05, 4.69) is 4.72 Å². The Morgan fingerprint density at radius 3 is 2.20 bits per heavy atom. The van der Waals surface area contributed by atoms with Gasteiger partial charge in [0.2, 0.25) is 27.7 Å². The first kappa shape index (κ1) is 29.7. The summed E-state index contributed by atoms with van der Waals surface area (Å²) in [7, 11) is -3.45. The van der Waals surface area contributed by atoms with Crippen LogP contribution in [0.3, 0.4) is 0 Å². The Hall–Kier alpha value is -3.32. The first-order chi connectivity index (χ1) is 18.6. The molecule has 0 saturated carbocycles. The molecule has 2 heterocycles. The number of sulfonamides is 1. The molecule has 2 saturated heterocycles. The van der Waals surface area contributed by atoms with Gasteiger partial charge in [0.15, 0.2) is 0 Å². The molecule has 1 N–H and O–H groups in total. The van der Waals surface area contributed by atoms with Crippen LogP contribution in [0.5, 0.6) is 0 Å². The Morgan fingerprint density at radius 2 is 1.65 bits per heavy atom. The van der Waals surface area contributed by atoms with Gasteiger partial charge in [-0.15, -0.1) is 0 Å². The summed E-state index contributed by atoms with van der Waals surface area (Å²) >= 11 is 0. The van der Waals surface area contributed by atoms with Crippen molar-refractivity contribution in [1.82, 2.24) is 14.5 Å². The van der Waals surface area contributed by atoms with E-state index in [1.165, 1.54) is 11.9 Å². The summed E-state index contributed by atoms with van der Waals surface area (Å²) in [6.07, 6.45) is -4.61. The highest BCUT2D eigenvalue weighted by molar-refractivity contribution is 7.89. The van der Waals surface area contributed by atoms with Crippen LogP contribution in [0.2, 0.25) is 0 Å². The third kappa shape index (κ3) is 5.24. The Labute approximate surface area is 229 Å². The molecule has 2 atom stereocenters. The third-order valence-corrected chi connectivity index (χ3v) is 9.18. The predicted molar refractivity (Wildman–Crippen MR) is 136 cm³/mol. The average Bonchev–Trinajstić information content (AvgIpc) is 3.07. The van der Waals surface area contributed by atoms with Gasteiger partial charge in [0.05, 0.1) is 16.9 Å². The van der Waals surface area contributed by atoms with Gasteiger partial charge in [-0.3, -0.25) is 19.3 Å². The minimum atomic E-state index is -4.90. The Bertz CT molecular complexity index is 1420. The van der Waals surface area contributed by atoms with Gasteiger partial charge in [0, 0.05) is 20.1 Å². The topological polar surface area (TPSA) is 104 Å². The van der Waals surface area contributed by atoms with Gasteiger partial charge in [-0.1, -0.05) is 44.2 Å². The number of imide groups is 1. The molecule has 4 rings (SSSR count). The Morgan fingerprint density at radius 1 is 1.05 bits per heavy atom. The zero-order chi connectivity index (χ0) is 29.6. The van der Waals surface area contributed by atoms with Gasteiger partial charge in [-0.25, -0.2) is 12.8 Å².